The van der Waals surface area contributed by atoms with E-state index in [1.54, 1.807) is 0 Å². The maximum absolute atomic E-state index is 10.5. The Kier molecular flexibility index (Phi) is 6.28. The highest BCUT2D eigenvalue weighted by Gasteiger charge is 2.14. The molecule has 0 aliphatic rings. The van der Waals surface area contributed by atoms with E-state index < -0.39 is 15.5 Å². The second-order valence-corrected chi connectivity index (χ2v) is 4.91. The molecule has 1 unspecified atom stereocenters. The lowest BCUT2D eigenvalue weighted by Crippen LogP contribution is -2.34. The van der Waals surface area contributed by atoms with Crippen LogP contribution in [0.4, 0.5) is 0 Å². The Bertz CT molecular complexity index is 213. The third kappa shape index (κ3) is 6.98. The first-order valence-electron chi connectivity index (χ1n) is 4.68. The number of rotatable bonds is 7. The fourth-order valence-electron chi connectivity index (χ4n) is 0.962. The highest BCUT2D eigenvalue weighted by atomic mass is 32.2. The van der Waals surface area contributed by atoms with Crippen molar-refractivity contribution in [2.75, 3.05) is 6.54 Å². The van der Waals surface area contributed by atoms with Gasteiger partial charge in [-0.3, -0.25) is 9.87 Å². The molecule has 0 aromatic carbocycles. The summed E-state index contributed by atoms with van der Waals surface area (Å²) in [5, 5.41) is 1.89. The average Bonchev–Trinajstić information content (AvgIpc) is 2.02. The van der Waals surface area contributed by atoms with Gasteiger partial charge in [-0.2, -0.15) is 8.42 Å². The van der Waals surface area contributed by atoms with Gasteiger partial charge in [0.05, 0.1) is 0 Å². The van der Waals surface area contributed by atoms with E-state index in [1.165, 1.54) is 13.3 Å². The molecule has 0 saturated carbocycles. The maximum Gasteiger partial charge on any atom is 0.280 e. The van der Waals surface area contributed by atoms with Gasteiger partial charge in [0.15, 0.2) is 0 Å². The largest absolute Gasteiger partial charge is 0.299 e. The number of hydrogen-bond acceptors (Lipinski definition) is 3. The molecule has 0 aromatic heterocycles. The van der Waals surface area contributed by atoms with Crippen LogP contribution in [0.25, 0.3) is 0 Å². The van der Waals surface area contributed by atoms with E-state index in [0.29, 0.717) is 6.54 Å². The van der Waals surface area contributed by atoms with Crippen LogP contribution in [0.1, 0.15) is 39.5 Å². The van der Waals surface area contributed by atoms with E-state index in [-0.39, 0.29) is 0 Å². The summed E-state index contributed by atoms with van der Waals surface area (Å²) in [6.07, 6.45) is 4.38. The van der Waals surface area contributed by atoms with Crippen LogP contribution in [0.5, 0.6) is 0 Å². The molecule has 5 heteroatoms. The van der Waals surface area contributed by atoms with Gasteiger partial charge in [-0.25, -0.2) is 0 Å². The molecular formula is C8H19NO3S. The quantitative estimate of drug-likeness (QED) is 0.491. The molecule has 0 amide bonds. The summed E-state index contributed by atoms with van der Waals surface area (Å²) < 4.78 is 29.7. The summed E-state index contributed by atoms with van der Waals surface area (Å²) in [4.78, 5) is 0. The highest BCUT2D eigenvalue weighted by Crippen LogP contribution is 1.98. The third-order valence-corrected chi connectivity index (χ3v) is 2.97. The van der Waals surface area contributed by atoms with Crippen molar-refractivity contribution in [3.63, 3.8) is 0 Å². The van der Waals surface area contributed by atoms with Gasteiger partial charge in [-0.05, 0) is 19.9 Å². The lowest BCUT2D eigenvalue weighted by atomic mass is 10.2. The predicted molar refractivity (Wildman–Crippen MR) is 53.2 cm³/mol. The number of unbranched alkanes of at least 4 members (excludes halogenated alkanes) is 3. The van der Waals surface area contributed by atoms with Crippen LogP contribution in [-0.2, 0) is 10.1 Å². The second kappa shape index (κ2) is 6.34. The summed E-state index contributed by atoms with van der Waals surface area (Å²) >= 11 is 0. The van der Waals surface area contributed by atoms with Crippen LogP contribution in [0.2, 0.25) is 0 Å². The molecule has 2 N–H and O–H groups in total. The van der Waals surface area contributed by atoms with Gasteiger partial charge >= 0.3 is 0 Å². The predicted octanol–water partition coefficient (Wildman–Crippen LogP) is 1.39. The lowest BCUT2D eigenvalue weighted by Gasteiger charge is -2.09. The van der Waals surface area contributed by atoms with Gasteiger partial charge in [0.2, 0.25) is 0 Å². The molecule has 4 nitrogen and oxygen atoms in total. The Balaban J connectivity index is 3.44. The zero-order valence-electron chi connectivity index (χ0n) is 8.28. The van der Waals surface area contributed by atoms with Crippen LogP contribution in [0.3, 0.4) is 0 Å². The van der Waals surface area contributed by atoms with Crippen molar-refractivity contribution in [2.45, 2.75) is 44.9 Å². The molecule has 0 fully saturated rings. The minimum absolute atomic E-state index is 0.640. The molecule has 0 saturated heterocycles. The van der Waals surface area contributed by atoms with Crippen LogP contribution < -0.4 is 5.32 Å². The smallest absolute Gasteiger partial charge is 0.280 e. The highest BCUT2D eigenvalue weighted by molar-refractivity contribution is 7.86. The second-order valence-electron chi connectivity index (χ2n) is 3.17. The first-order valence-corrected chi connectivity index (χ1v) is 6.18. The Morgan fingerprint density at radius 2 is 1.92 bits per heavy atom. The van der Waals surface area contributed by atoms with Gasteiger partial charge in [0, 0.05) is 0 Å². The van der Waals surface area contributed by atoms with Gasteiger partial charge in [-0.1, -0.05) is 26.2 Å². The fourth-order valence-corrected chi connectivity index (χ4v) is 1.29. The van der Waals surface area contributed by atoms with Crippen LogP contribution in [-0.4, -0.2) is 24.9 Å². The van der Waals surface area contributed by atoms with E-state index in [0.717, 1.165) is 19.3 Å². The Labute approximate surface area is 80.5 Å². The van der Waals surface area contributed by atoms with E-state index in [9.17, 15) is 8.42 Å². The summed E-state index contributed by atoms with van der Waals surface area (Å²) in [7, 11) is -3.91. The standard InChI is InChI=1S/C8H19NO3S/c1-3-4-5-6-7-9-8(2)13(10,11)12/h8-9H,3-7H2,1-2H3,(H,10,11,12). The van der Waals surface area contributed by atoms with E-state index in [2.05, 4.69) is 12.2 Å². The molecule has 1 atom stereocenters. The van der Waals surface area contributed by atoms with Crippen molar-refractivity contribution in [3.8, 4) is 0 Å². The molecule has 0 bridgehead atoms. The minimum atomic E-state index is -3.91. The zero-order chi connectivity index (χ0) is 10.3. The molecule has 13 heavy (non-hydrogen) atoms. The topological polar surface area (TPSA) is 66.4 Å². The number of hydrogen-bond donors (Lipinski definition) is 2. The SMILES string of the molecule is CCCCCCNC(C)S(=O)(=O)O. The monoisotopic (exact) mass is 209 g/mol. The van der Waals surface area contributed by atoms with Gasteiger partial charge < -0.3 is 0 Å². The first kappa shape index (κ1) is 12.9. The van der Waals surface area contributed by atoms with Crippen molar-refractivity contribution in [2.24, 2.45) is 0 Å². The molecule has 0 aromatic rings. The van der Waals surface area contributed by atoms with E-state index in [4.69, 9.17) is 4.55 Å². The van der Waals surface area contributed by atoms with Crippen molar-refractivity contribution >= 4 is 10.1 Å². The molecular weight excluding hydrogens is 190 g/mol. The molecule has 0 aliphatic heterocycles. The molecule has 0 spiro atoms. The molecule has 0 aliphatic carbocycles. The lowest BCUT2D eigenvalue weighted by molar-refractivity contribution is 0.453. The summed E-state index contributed by atoms with van der Waals surface area (Å²) in [6, 6.07) is 0. The van der Waals surface area contributed by atoms with Crippen LogP contribution in [0, 0.1) is 0 Å². The van der Waals surface area contributed by atoms with Crippen molar-refractivity contribution < 1.29 is 13.0 Å². The van der Waals surface area contributed by atoms with Gasteiger partial charge in [0.25, 0.3) is 10.1 Å². The van der Waals surface area contributed by atoms with Crippen molar-refractivity contribution in [1.29, 1.82) is 0 Å². The number of nitrogens with one attached hydrogen (secondary N) is 1. The normalized spacial score (nSPS) is 14.4. The van der Waals surface area contributed by atoms with Crippen molar-refractivity contribution in [1.82, 2.24) is 5.32 Å². The van der Waals surface area contributed by atoms with E-state index >= 15 is 0 Å². The molecule has 0 radical (unpaired) electrons. The Morgan fingerprint density at radius 1 is 1.31 bits per heavy atom. The molecule has 0 heterocycles. The van der Waals surface area contributed by atoms with Gasteiger partial charge in [0.1, 0.15) is 5.37 Å². The van der Waals surface area contributed by atoms with Gasteiger partial charge in [-0.15, -0.1) is 0 Å². The molecule has 0 rings (SSSR count). The zero-order valence-corrected chi connectivity index (χ0v) is 9.10. The average molecular weight is 209 g/mol. The fraction of sp³-hybridized carbons (Fsp3) is 1.00. The first-order chi connectivity index (χ1) is 5.98. The summed E-state index contributed by atoms with van der Waals surface area (Å²) in [5.41, 5.74) is 0. The van der Waals surface area contributed by atoms with E-state index in [1.807, 2.05) is 0 Å². The maximum atomic E-state index is 10.5. The Hall–Kier alpha value is -0.130. The van der Waals surface area contributed by atoms with Crippen LogP contribution >= 0.6 is 0 Å². The third-order valence-electron chi connectivity index (χ3n) is 1.91. The molecule has 80 valence electrons. The summed E-state index contributed by atoms with van der Waals surface area (Å²) in [6.45, 7) is 4.20. The Morgan fingerprint density at radius 3 is 2.38 bits per heavy atom. The van der Waals surface area contributed by atoms with Crippen LogP contribution in [0.15, 0.2) is 0 Å². The van der Waals surface area contributed by atoms with Crippen molar-refractivity contribution in [3.05, 3.63) is 0 Å². The summed E-state index contributed by atoms with van der Waals surface area (Å²) in [5.74, 6) is 0. The minimum Gasteiger partial charge on any atom is -0.299 e.